The Morgan fingerprint density at radius 1 is 1.57 bits per heavy atom. The first-order valence-electron chi connectivity index (χ1n) is 4.71. The number of nitrogens with zero attached hydrogens (tertiary/aromatic N) is 3. The first-order valence-corrected chi connectivity index (χ1v) is 4.71. The van der Waals surface area contributed by atoms with Crippen molar-refractivity contribution in [3.8, 4) is 0 Å². The normalized spacial score (nSPS) is 17.1. The van der Waals surface area contributed by atoms with E-state index in [9.17, 15) is 4.79 Å². The van der Waals surface area contributed by atoms with Crippen LogP contribution in [0, 0.1) is 0 Å². The summed E-state index contributed by atoms with van der Waals surface area (Å²) in [5.41, 5.74) is 0. The van der Waals surface area contributed by atoms with Gasteiger partial charge in [0.1, 0.15) is 0 Å². The van der Waals surface area contributed by atoms with Crippen molar-refractivity contribution in [2.24, 2.45) is 7.05 Å². The molecule has 2 heterocycles. The summed E-state index contributed by atoms with van der Waals surface area (Å²) in [7, 11) is 1.80. The van der Waals surface area contributed by atoms with Crippen LogP contribution in [0.3, 0.4) is 0 Å². The van der Waals surface area contributed by atoms with Crippen molar-refractivity contribution in [3.63, 3.8) is 0 Å². The topological polar surface area (TPSA) is 47.4 Å². The number of aryl methyl sites for hydroxylation is 1. The number of hydrogen-bond acceptors (Lipinski definition) is 3. The van der Waals surface area contributed by atoms with E-state index in [1.165, 1.54) is 5.06 Å². The van der Waals surface area contributed by atoms with Crippen LogP contribution in [0.4, 0.5) is 0 Å². The fourth-order valence-corrected chi connectivity index (χ4v) is 1.44. The van der Waals surface area contributed by atoms with Gasteiger partial charge in [-0.3, -0.25) is 9.63 Å². The lowest BCUT2D eigenvalue weighted by Gasteiger charge is -2.25. The number of hydrogen-bond donors (Lipinski definition) is 0. The Bertz CT molecular complexity index is 329. The first kappa shape index (κ1) is 9.21. The molecule has 2 rings (SSSR count). The van der Waals surface area contributed by atoms with Crippen LogP contribution in [0.15, 0.2) is 12.4 Å². The molecule has 1 aliphatic heterocycles. The maximum Gasteiger partial charge on any atom is 0.313 e. The van der Waals surface area contributed by atoms with Crippen molar-refractivity contribution in [2.45, 2.75) is 12.8 Å². The lowest BCUT2D eigenvalue weighted by molar-refractivity contribution is -0.144. The molecule has 1 aromatic rings. The lowest BCUT2D eigenvalue weighted by atomic mass is 10.3. The van der Waals surface area contributed by atoms with Gasteiger partial charge in [-0.25, -0.2) is 10.0 Å². The Kier molecular flexibility index (Phi) is 2.49. The number of amides is 1. The zero-order valence-corrected chi connectivity index (χ0v) is 8.14. The van der Waals surface area contributed by atoms with E-state index in [-0.39, 0.29) is 5.91 Å². The summed E-state index contributed by atoms with van der Waals surface area (Å²) in [6, 6.07) is 0. The molecule has 5 heteroatoms. The van der Waals surface area contributed by atoms with Gasteiger partial charge in [0.15, 0.2) is 0 Å². The quantitative estimate of drug-likeness (QED) is 0.658. The standard InChI is InChI=1S/C9H13N3O2/c1-11-6-4-10-8(11)9(13)12-5-2-3-7-14-12/h4,6H,2-3,5,7H2,1H3. The minimum Gasteiger partial charge on any atom is -0.330 e. The molecular formula is C9H13N3O2. The average molecular weight is 195 g/mol. The zero-order valence-electron chi connectivity index (χ0n) is 8.14. The number of carbonyl (C=O) groups is 1. The maximum absolute atomic E-state index is 11.8. The van der Waals surface area contributed by atoms with Crippen molar-refractivity contribution in [2.75, 3.05) is 13.2 Å². The second-order valence-corrected chi connectivity index (χ2v) is 3.31. The summed E-state index contributed by atoms with van der Waals surface area (Å²) in [5.74, 6) is 0.268. The van der Waals surface area contributed by atoms with Crippen LogP contribution >= 0.6 is 0 Å². The smallest absolute Gasteiger partial charge is 0.313 e. The fraction of sp³-hybridized carbons (Fsp3) is 0.556. The van der Waals surface area contributed by atoms with E-state index in [1.807, 2.05) is 0 Å². The molecule has 5 nitrogen and oxygen atoms in total. The molecule has 0 saturated carbocycles. The van der Waals surface area contributed by atoms with E-state index < -0.39 is 0 Å². The van der Waals surface area contributed by atoms with Gasteiger partial charge in [0.05, 0.1) is 6.61 Å². The highest BCUT2D eigenvalue weighted by Gasteiger charge is 2.22. The van der Waals surface area contributed by atoms with E-state index in [1.54, 1.807) is 24.0 Å². The second kappa shape index (κ2) is 3.79. The van der Waals surface area contributed by atoms with Crippen LogP contribution in [-0.4, -0.2) is 33.7 Å². The van der Waals surface area contributed by atoms with Gasteiger partial charge in [0, 0.05) is 26.0 Å². The molecule has 0 aliphatic carbocycles. The van der Waals surface area contributed by atoms with Gasteiger partial charge >= 0.3 is 5.91 Å². The SMILES string of the molecule is Cn1ccnc1C(=O)N1CCCCO1. The van der Waals surface area contributed by atoms with Crippen LogP contribution in [0.5, 0.6) is 0 Å². The largest absolute Gasteiger partial charge is 0.330 e. The Balaban J connectivity index is 2.11. The summed E-state index contributed by atoms with van der Waals surface area (Å²) in [6.45, 7) is 1.28. The van der Waals surface area contributed by atoms with Gasteiger partial charge in [-0.1, -0.05) is 0 Å². The zero-order chi connectivity index (χ0) is 9.97. The Hall–Kier alpha value is -1.36. The predicted molar refractivity (Wildman–Crippen MR) is 49.4 cm³/mol. The van der Waals surface area contributed by atoms with E-state index >= 15 is 0 Å². The fourth-order valence-electron chi connectivity index (χ4n) is 1.44. The van der Waals surface area contributed by atoms with Crippen molar-refractivity contribution < 1.29 is 9.63 Å². The highest BCUT2D eigenvalue weighted by atomic mass is 16.7. The molecule has 14 heavy (non-hydrogen) atoms. The molecule has 0 unspecified atom stereocenters. The molecule has 1 aromatic heterocycles. The molecular weight excluding hydrogens is 182 g/mol. The van der Waals surface area contributed by atoms with Crippen molar-refractivity contribution in [1.82, 2.24) is 14.6 Å². The predicted octanol–water partition coefficient (Wildman–Crippen LogP) is 0.588. The molecule has 0 bridgehead atoms. The van der Waals surface area contributed by atoms with Crippen LogP contribution in [-0.2, 0) is 11.9 Å². The number of aromatic nitrogens is 2. The van der Waals surface area contributed by atoms with Crippen LogP contribution in [0.25, 0.3) is 0 Å². The summed E-state index contributed by atoms with van der Waals surface area (Å²) in [6.07, 6.45) is 5.37. The Labute approximate surface area is 82.2 Å². The molecule has 76 valence electrons. The number of hydroxylamine groups is 2. The number of imidazole rings is 1. The summed E-state index contributed by atoms with van der Waals surface area (Å²) >= 11 is 0. The van der Waals surface area contributed by atoms with Crippen LogP contribution in [0.1, 0.15) is 23.5 Å². The summed E-state index contributed by atoms with van der Waals surface area (Å²) < 4.78 is 1.69. The Morgan fingerprint density at radius 2 is 2.43 bits per heavy atom. The van der Waals surface area contributed by atoms with E-state index in [2.05, 4.69) is 4.98 Å². The third-order valence-corrected chi connectivity index (χ3v) is 2.24. The molecule has 1 saturated heterocycles. The molecule has 0 atom stereocenters. The van der Waals surface area contributed by atoms with Crippen LogP contribution in [0.2, 0.25) is 0 Å². The highest BCUT2D eigenvalue weighted by Crippen LogP contribution is 2.09. The van der Waals surface area contributed by atoms with E-state index in [0.29, 0.717) is 19.0 Å². The molecule has 0 radical (unpaired) electrons. The van der Waals surface area contributed by atoms with Gasteiger partial charge in [-0.2, -0.15) is 0 Å². The maximum atomic E-state index is 11.8. The molecule has 0 aromatic carbocycles. The van der Waals surface area contributed by atoms with Crippen molar-refractivity contribution >= 4 is 5.91 Å². The van der Waals surface area contributed by atoms with Gasteiger partial charge in [0.2, 0.25) is 5.82 Å². The van der Waals surface area contributed by atoms with E-state index in [4.69, 9.17) is 4.84 Å². The second-order valence-electron chi connectivity index (χ2n) is 3.31. The molecule has 1 fully saturated rings. The average Bonchev–Trinajstić information content (AvgIpc) is 2.65. The molecule has 1 aliphatic rings. The van der Waals surface area contributed by atoms with Gasteiger partial charge in [0.25, 0.3) is 0 Å². The lowest BCUT2D eigenvalue weighted by Crippen LogP contribution is -2.37. The third kappa shape index (κ3) is 1.63. The van der Waals surface area contributed by atoms with Crippen molar-refractivity contribution in [3.05, 3.63) is 18.2 Å². The summed E-state index contributed by atoms with van der Waals surface area (Å²) in [5, 5.41) is 1.39. The Morgan fingerprint density at radius 3 is 3.00 bits per heavy atom. The first-order chi connectivity index (χ1) is 6.79. The number of carbonyl (C=O) groups excluding carboxylic acids is 1. The van der Waals surface area contributed by atoms with Crippen molar-refractivity contribution in [1.29, 1.82) is 0 Å². The van der Waals surface area contributed by atoms with Gasteiger partial charge in [-0.15, -0.1) is 0 Å². The van der Waals surface area contributed by atoms with E-state index in [0.717, 1.165) is 12.8 Å². The van der Waals surface area contributed by atoms with Crippen LogP contribution < -0.4 is 0 Å². The van der Waals surface area contributed by atoms with Gasteiger partial charge < -0.3 is 4.57 Å². The minimum atomic E-state index is -0.155. The third-order valence-electron chi connectivity index (χ3n) is 2.24. The molecule has 0 N–H and O–H groups in total. The minimum absolute atomic E-state index is 0.155. The van der Waals surface area contributed by atoms with Gasteiger partial charge in [-0.05, 0) is 12.8 Å². The monoisotopic (exact) mass is 195 g/mol. The summed E-state index contributed by atoms with van der Waals surface area (Å²) in [4.78, 5) is 21.0. The molecule has 0 spiro atoms. The molecule has 1 amide bonds. The highest BCUT2D eigenvalue weighted by molar-refractivity contribution is 5.90. The number of rotatable bonds is 1.